The molecule has 1 atom stereocenters. The van der Waals surface area contributed by atoms with Crippen LogP contribution in [0, 0.1) is 0 Å². The molecule has 1 aliphatic rings. The molecule has 2 aromatic heterocycles. The highest BCUT2D eigenvalue weighted by atomic mass is 16.5. The van der Waals surface area contributed by atoms with Gasteiger partial charge >= 0.3 is 5.97 Å². The first-order chi connectivity index (χ1) is 10.3. The SMILES string of the molecule is COC(=O)CC1CCCCN1c1ccc2nccnc2n1. The summed E-state index contributed by atoms with van der Waals surface area (Å²) < 4.78 is 4.80. The Hall–Kier alpha value is -2.24. The van der Waals surface area contributed by atoms with Crippen LogP contribution in [0.1, 0.15) is 25.7 Å². The standard InChI is InChI=1S/C15H18N4O2/c1-21-14(20)10-11-4-2-3-9-19(11)13-6-5-12-15(18-13)17-8-7-16-12/h5-8,11H,2-4,9-10H2,1H3. The number of carbonyl (C=O) groups is 1. The quantitative estimate of drug-likeness (QED) is 0.803. The van der Waals surface area contributed by atoms with Gasteiger partial charge in [0.2, 0.25) is 0 Å². The second-order valence-electron chi connectivity index (χ2n) is 5.19. The number of rotatable bonds is 3. The van der Waals surface area contributed by atoms with Crippen LogP contribution in [0.15, 0.2) is 24.5 Å². The van der Waals surface area contributed by atoms with Crippen molar-refractivity contribution in [3.05, 3.63) is 24.5 Å². The van der Waals surface area contributed by atoms with Crippen LogP contribution >= 0.6 is 0 Å². The van der Waals surface area contributed by atoms with Gasteiger partial charge in [0.15, 0.2) is 5.65 Å². The van der Waals surface area contributed by atoms with E-state index in [0.29, 0.717) is 12.1 Å². The molecule has 6 nitrogen and oxygen atoms in total. The van der Waals surface area contributed by atoms with Crippen LogP contribution in [0.5, 0.6) is 0 Å². The molecule has 1 saturated heterocycles. The summed E-state index contributed by atoms with van der Waals surface area (Å²) >= 11 is 0. The highest BCUT2D eigenvalue weighted by molar-refractivity contribution is 5.73. The Morgan fingerprint density at radius 3 is 3.05 bits per heavy atom. The topological polar surface area (TPSA) is 68.2 Å². The van der Waals surface area contributed by atoms with Gasteiger partial charge in [-0.2, -0.15) is 0 Å². The maximum atomic E-state index is 11.6. The first-order valence-corrected chi connectivity index (χ1v) is 7.19. The minimum Gasteiger partial charge on any atom is -0.469 e. The Balaban J connectivity index is 1.88. The van der Waals surface area contributed by atoms with E-state index >= 15 is 0 Å². The van der Waals surface area contributed by atoms with Crippen LogP contribution < -0.4 is 4.90 Å². The molecular formula is C15H18N4O2. The predicted octanol–water partition coefficient (Wildman–Crippen LogP) is 1.95. The summed E-state index contributed by atoms with van der Waals surface area (Å²) in [4.78, 5) is 26.8. The molecule has 0 spiro atoms. The van der Waals surface area contributed by atoms with Crippen LogP contribution in [-0.4, -0.2) is 40.6 Å². The zero-order chi connectivity index (χ0) is 14.7. The van der Waals surface area contributed by atoms with E-state index in [4.69, 9.17) is 4.74 Å². The maximum absolute atomic E-state index is 11.6. The number of fused-ring (bicyclic) bond motifs is 1. The van der Waals surface area contributed by atoms with Crippen LogP contribution in [0.25, 0.3) is 11.2 Å². The van der Waals surface area contributed by atoms with Gasteiger partial charge in [0.25, 0.3) is 0 Å². The molecule has 3 heterocycles. The van der Waals surface area contributed by atoms with Crippen molar-refractivity contribution in [3.63, 3.8) is 0 Å². The zero-order valence-corrected chi connectivity index (χ0v) is 12.0. The molecule has 3 rings (SSSR count). The zero-order valence-electron chi connectivity index (χ0n) is 12.0. The van der Waals surface area contributed by atoms with E-state index in [1.54, 1.807) is 12.4 Å². The van der Waals surface area contributed by atoms with Crippen molar-refractivity contribution in [1.82, 2.24) is 15.0 Å². The van der Waals surface area contributed by atoms with Crippen molar-refractivity contribution in [2.24, 2.45) is 0 Å². The van der Waals surface area contributed by atoms with Crippen molar-refractivity contribution in [3.8, 4) is 0 Å². The minimum atomic E-state index is -0.174. The number of carbonyl (C=O) groups excluding carboxylic acids is 1. The highest BCUT2D eigenvalue weighted by Crippen LogP contribution is 2.26. The lowest BCUT2D eigenvalue weighted by Crippen LogP contribution is -2.41. The monoisotopic (exact) mass is 286 g/mol. The molecule has 0 aromatic carbocycles. The highest BCUT2D eigenvalue weighted by Gasteiger charge is 2.26. The summed E-state index contributed by atoms with van der Waals surface area (Å²) in [6.07, 6.45) is 6.92. The van der Waals surface area contributed by atoms with Crippen molar-refractivity contribution in [2.75, 3.05) is 18.6 Å². The van der Waals surface area contributed by atoms with Crippen LogP contribution in [0.2, 0.25) is 0 Å². The fraction of sp³-hybridized carbons (Fsp3) is 0.467. The van der Waals surface area contributed by atoms with Gasteiger partial charge < -0.3 is 9.64 Å². The Labute approximate surface area is 123 Å². The number of esters is 1. The van der Waals surface area contributed by atoms with Crippen LogP contribution in [0.4, 0.5) is 5.82 Å². The minimum absolute atomic E-state index is 0.146. The molecule has 0 amide bonds. The molecule has 0 N–H and O–H groups in total. The average molecular weight is 286 g/mol. The summed E-state index contributed by atoms with van der Waals surface area (Å²) in [5.74, 6) is 0.684. The molecule has 6 heteroatoms. The van der Waals surface area contributed by atoms with Gasteiger partial charge in [-0.25, -0.2) is 9.97 Å². The molecular weight excluding hydrogens is 268 g/mol. The Morgan fingerprint density at radius 2 is 2.19 bits per heavy atom. The number of aromatic nitrogens is 3. The third-order valence-corrected chi connectivity index (χ3v) is 3.87. The average Bonchev–Trinajstić information content (AvgIpc) is 2.55. The van der Waals surface area contributed by atoms with Gasteiger partial charge in [-0.05, 0) is 31.4 Å². The number of piperidine rings is 1. The first kappa shape index (κ1) is 13.7. The van der Waals surface area contributed by atoms with Crippen LogP contribution in [0.3, 0.4) is 0 Å². The fourth-order valence-electron chi connectivity index (χ4n) is 2.79. The summed E-state index contributed by atoms with van der Waals surface area (Å²) in [5, 5.41) is 0. The first-order valence-electron chi connectivity index (χ1n) is 7.19. The number of hydrogen-bond acceptors (Lipinski definition) is 6. The van der Waals surface area contributed by atoms with Crippen molar-refractivity contribution in [1.29, 1.82) is 0 Å². The number of nitrogens with zero attached hydrogens (tertiary/aromatic N) is 4. The van der Waals surface area contributed by atoms with Crippen molar-refractivity contribution < 1.29 is 9.53 Å². The molecule has 0 radical (unpaired) electrons. The van der Waals surface area contributed by atoms with E-state index < -0.39 is 0 Å². The molecule has 0 saturated carbocycles. The normalized spacial score (nSPS) is 18.7. The summed E-state index contributed by atoms with van der Waals surface area (Å²) in [6.45, 7) is 0.903. The lowest BCUT2D eigenvalue weighted by atomic mass is 9.99. The van der Waals surface area contributed by atoms with Gasteiger partial charge in [-0.15, -0.1) is 0 Å². The smallest absolute Gasteiger partial charge is 0.307 e. The van der Waals surface area contributed by atoms with E-state index in [-0.39, 0.29) is 12.0 Å². The van der Waals surface area contributed by atoms with Crippen LogP contribution in [-0.2, 0) is 9.53 Å². The molecule has 0 bridgehead atoms. The maximum Gasteiger partial charge on any atom is 0.307 e. The lowest BCUT2D eigenvalue weighted by Gasteiger charge is -2.36. The molecule has 0 aliphatic carbocycles. The number of ether oxygens (including phenoxy) is 1. The third kappa shape index (κ3) is 2.94. The molecule has 1 fully saturated rings. The van der Waals surface area contributed by atoms with Crippen molar-refractivity contribution >= 4 is 23.0 Å². The van der Waals surface area contributed by atoms with Gasteiger partial charge in [-0.1, -0.05) is 0 Å². The molecule has 2 aromatic rings. The number of pyridine rings is 1. The Bertz CT molecular complexity index is 646. The van der Waals surface area contributed by atoms with Crippen molar-refractivity contribution in [2.45, 2.75) is 31.7 Å². The number of methoxy groups -OCH3 is 1. The number of hydrogen-bond donors (Lipinski definition) is 0. The van der Waals surface area contributed by atoms with E-state index in [0.717, 1.165) is 37.1 Å². The van der Waals surface area contributed by atoms with E-state index in [1.807, 2.05) is 12.1 Å². The molecule has 110 valence electrons. The largest absolute Gasteiger partial charge is 0.469 e. The van der Waals surface area contributed by atoms with E-state index in [2.05, 4.69) is 19.9 Å². The molecule has 21 heavy (non-hydrogen) atoms. The van der Waals surface area contributed by atoms with Gasteiger partial charge in [0.1, 0.15) is 11.3 Å². The second-order valence-corrected chi connectivity index (χ2v) is 5.19. The van der Waals surface area contributed by atoms with Gasteiger partial charge in [-0.3, -0.25) is 9.78 Å². The fourth-order valence-corrected chi connectivity index (χ4v) is 2.79. The van der Waals surface area contributed by atoms with E-state index in [9.17, 15) is 4.79 Å². The predicted molar refractivity (Wildman–Crippen MR) is 79.0 cm³/mol. The molecule has 1 aliphatic heterocycles. The third-order valence-electron chi connectivity index (χ3n) is 3.87. The van der Waals surface area contributed by atoms with Gasteiger partial charge in [0, 0.05) is 25.0 Å². The second kappa shape index (κ2) is 6.03. The lowest BCUT2D eigenvalue weighted by molar-refractivity contribution is -0.141. The van der Waals surface area contributed by atoms with Gasteiger partial charge in [0.05, 0.1) is 13.5 Å². The number of anilines is 1. The molecule has 1 unspecified atom stereocenters. The summed E-state index contributed by atoms with van der Waals surface area (Å²) in [6, 6.07) is 4.02. The summed E-state index contributed by atoms with van der Waals surface area (Å²) in [5.41, 5.74) is 1.42. The Morgan fingerprint density at radius 1 is 1.33 bits per heavy atom. The van der Waals surface area contributed by atoms with E-state index in [1.165, 1.54) is 7.11 Å². The Kier molecular flexibility index (Phi) is 3.94. The summed E-state index contributed by atoms with van der Waals surface area (Å²) in [7, 11) is 1.43.